The van der Waals surface area contributed by atoms with Crippen LogP contribution in [0.2, 0.25) is 0 Å². The van der Waals surface area contributed by atoms with Gasteiger partial charge in [-0.05, 0) is 44.1 Å². The lowest BCUT2D eigenvalue weighted by atomic mass is 9.87. The molecule has 0 radical (unpaired) electrons. The number of allylic oxidation sites excluding steroid dienone is 9. The van der Waals surface area contributed by atoms with E-state index in [9.17, 15) is 48.6 Å². The Bertz CT molecular complexity index is 2340. The molecule has 0 atom stereocenters. The summed E-state index contributed by atoms with van der Waals surface area (Å²) in [6.45, 7) is 1.49. The van der Waals surface area contributed by atoms with E-state index in [2.05, 4.69) is 0 Å². The van der Waals surface area contributed by atoms with E-state index < -0.39 is 94.2 Å². The Morgan fingerprint density at radius 1 is 0.354 bits per heavy atom. The zero-order valence-corrected chi connectivity index (χ0v) is 34.8. The molecular formula is C45H42O20. The van der Waals surface area contributed by atoms with Crippen molar-refractivity contribution in [2.45, 2.75) is 119 Å². The van der Waals surface area contributed by atoms with Crippen LogP contribution in [-0.4, -0.2) is 86.9 Å². The van der Waals surface area contributed by atoms with Gasteiger partial charge in [0.1, 0.15) is 27.9 Å². The largest absolute Gasteiger partial charge is 0.480 e. The molecule has 3 saturated heterocycles. The van der Waals surface area contributed by atoms with E-state index >= 15 is 0 Å². The Labute approximate surface area is 369 Å². The number of ether oxygens (including phenoxy) is 10. The standard InChI is InChI=1S/C45H42O20/c1-2-26-31(46)56-42(57-32(26)47)18-20-43(21-19-42)60-35(50)28(36(51)61-43)14-8-4-9-15-30-39(54)64-45(65-40(30)55)24-22-44(23-25-45)62-37(52)29(38(53)63-44)13-7-3-6-12-27-33(48)58-41(59-34(27)49)16-10-5-11-17-41/h2-4,6-9,12-15,50,52H,5,10-11,16-25H2,1H3. The van der Waals surface area contributed by atoms with E-state index in [-0.39, 0.29) is 73.7 Å². The predicted octanol–water partition coefficient (Wildman–Crippen LogP) is 4.59. The molecule has 8 aliphatic rings. The Hall–Kier alpha value is -7.38. The van der Waals surface area contributed by atoms with Crippen molar-refractivity contribution in [2.24, 2.45) is 0 Å². The van der Waals surface area contributed by atoms with Gasteiger partial charge in [-0.2, -0.15) is 0 Å². The van der Waals surface area contributed by atoms with E-state index in [1.807, 2.05) is 0 Å². The fourth-order valence-electron chi connectivity index (χ4n) is 8.44. The minimum atomic E-state index is -1.70. The summed E-state index contributed by atoms with van der Waals surface area (Å²) in [7, 11) is 0. The normalized spacial score (nSPS) is 28.6. The van der Waals surface area contributed by atoms with Gasteiger partial charge >= 0.3 is 47.8 Å². The smallest absolute Gasteiger partial charge is 0.348 e. The van der Waals surface area contributed by atoms with Crippen molar-refractivity contribution in [3.8, 4) is 0 Å². The van der Waals surface area contributed by atoms with Crippen molar-refractivity contribution in [1.29, 1.82) is 0 Å². The second-order valence-electron chi connectivity index (χ2n) is 16.2. The molecule has 5 spiro atoms. The van der Waals surface area contributed by atoms with Crippen LogP contribution in [0, 0.1) is 0 Å². The number of aliphatic hydroxyl groups excluding tert-OH is 2. The van der Waals surface area contributed by atoms with E-state index in [0.29, 0.717) is 12.8 Å². The van der Waals surface area contributed by atoms with Crippen LogP contribution in [0.4, 0.5) is 0 Å². The quantitative estimate of drug-likeness (QED) is 0.121. The molecule has 0 aromatic carbocycles. The molecule has 0 bridgehead atoms. The van der Waals surface area contributed by atoms with Crippen LogP contribution < -0.4 is 0 Å². The van der Waals surface area contributed by atoms with Crippen molar-refractivity contribution in [3.05, 3.63) is 107 Å². The third-order valence-electron chi connectivity index (χ3n) is 12.0. The first-order chi connectivity index (χ1) is 31.0. The molecule has 8 rings (SSSR count). The molecule has 65 heavy (non-hydrogen) atoms. The molecule has 20 nitrogen and oxygen atoms in total. The summed E-state index contributed by atoms with van der Waals surface area (Å²) in [6, 6.07) is 0. The van der Waals surface area contributed by atoms with Gasteiger partial charge in [0.2, 0.25) is 0 Å². The first-order valence-electron chi connectivity index (χ1n) is 20.9. The van der Waals surface area contributed by atoms with Crippen LogP contribution in [0.25, 0.3) is 0 Å². The first kappa shape index (κ1) is 44.2. The SMILES string of the molecule is CC=C1C(=O)OC2(CCC3(CC2)OC(=O)C(C=CC=CC=C2C(=O)OC4(CCC5(CC4)OC(=O)C(C=CC=CC=C4C(=O)OC6(CCCCC6)OC4=O)=C(O)O5)OC2=O)=C(O)O3)OC1=O. The van der Waals surface area contributed by atoms with Crippen LogP contribution in [0.15, 0.2) is 107 Å². The van der Waals surface area contributed by atoms with Gasteiger partial charge in [0.15, 0.2) is 0 Å². The molecule has 3 aliphatic carbocycles. The highest BCUT2D eigenvalue weighted by Gasteiger charge is 2.58. The highest BCUT2D eigenvalue weighted by Crippen LogP contribution is 2.47. The molecule has 6 fully saturated rings. The summed E-state index contributed by atoms with van der Waals surface area (Å²) in [5.41, 5.74) is -1.64. The summed E-state index contributed by atoms with van der Waals surface area (Å²) < 4.78 is 55.0. The average Bonchev–Trinajstić information content (AvgIpc) is 3.24. The third kappa shape index (κ3) is 8.79. The fourth-order valence-corrected chi connectivity index (χ4v) is 8.44. The minimum Gasteiger partial charge on any atom is -0.480 e. The van der Waals surface area contributed by atoms with Crippen LogP contribution in [-0.2, 0) is 85.7 Å². The Kier molecular flexibility index (Phi) is 11.5. The summed E-state index contributed by atoms with van der Waals surface area (Å²) in [6.07, 6.45) is 16.5. The van der Waals surface area contributed by atoms with Crippen LogP contribution in [0.3, 0.4) is 0 Å². The van der Waals surface area contributed by atoms with Crippen LogP contribution in [0.1, 0.15) is 90.4 Å². The molecule has 5 heterocycles. The zero-order chi connectivity index (χ0) is 46.2. The van der Waals surface area contributed by atoms with Gasteiger partial charge in [0, 0.05) is 64.2 Å². The maximum Gasteiger partial charge on any atom is 0.348 e. The summed E-state index contributed by atoms with van der Waals surface area (Å²) in [5, 5.41) is 21.3. The molecular weight excluding hydrogens is 860 g/mol. The van der Waals surface area contributed by atoms with E-state index in [0.717, 1.165) is 25.3 Å². The molecule has 0 unspecified atom stereocenters. The lowest BCUT2D eigenvalue weighted by Crippen LogP contribution is -2.54. The molecule has 342 valence electrons. The van der Waals surface area contributed by atoms with Crippen LogP contribution >= 0.6 is 0 Å². The number of carbonyl (C=O) groups excluding carboxylic acids is 8. The second-order valence-corrected chi connectivity index (χ2v) is 16.2. The fraction of sp³-hybridized carbons (Fsp3) is 0.422. The van der Waals surface area contributed by atoms with Crippen molar-refractivity contribution >= 4 is 47.8 Å². The number of hydrogen-bond acceptors (Lipinski definition) is 20. The van der Waals surface area contributed by atoms with E-state index in [1.54, 1.807) is 0 Å². The van der Waals surface area contributed by atoms with Gasteiger partial charge in [-0.1, -0.05) is 49.0 Å². The first-order valence-corrected chi connectivity index (χ1v) is 20.9. The van der Waals surface area contributed by atoms with Crippen molar-refractivity contribution in [3.63, 3.8) is 0 Å². The van der Waals surface area contributed by atoms with E-state index in [4.69, 9.17) is 47.4 Å². The maximum atomic E-state index is 13.0. The highest BCUT2D eigenvalue weighted by molar-refractivity contribution is 6.16. The number of aliphatic hydroxyl groups is 2. The van der Waals surface area contributed by atoms with Crippen molar-refractivity contribution < 1.29 is 95.9 Å². The Balaban J connectivity index is 0.812. The second kappa shape index (κ2) is 17.0. The van der Waals surface area contributed by atoms with E-state index in [1.165, 1.54) is 67.7 Å². The summed E-state index contributed by atoms with van der Waals surface area (Å²) in [5.74, 6) is -16.3. The van der Waals surface area contributed by atoms with Crippen LogP contribution in [0.5, 0.6) is 0 Å². The number of carbonyl (C=O) groups is 8. The number of rotatable bonds is 6. The molecule has 0 amide bonds. The third-order valence-corrected chi connectivity index (χ3v) is 12.0. The molecule has 5 aliphatic heterocycles. The number of hydrogen-bond donors (Lipinski definition) is 2. The molecule has 20 heteroatoms. The lowest BCUT2D eigenvalue weighted by molar-refractivity contribution is -0.297. The molecule has 0 aromatic rings. The highest BCUT2D eigenvalue weighted by atomic mass is 16.8. The maximum absolute atomic E-state index is 13.0. The number of esters is 8. The summed E-state index contributed by atoms with van der Waals surface area (Å²) in [4.78, 5) is 101. The monoisotopic (exact) mass is 902 g/mol. The molecule has 0 aromatic heterocycles. The average molecular weight is 903 g/mol. The van der Waals surface area contributed by atoms with Gasteiger partial charge in [0.25, 0.3) is 40.8 Å². The van der Waals surface area contributed by atoms with Gasteiger partial charge in [-0.3, -0.25) is 0 Å². The molecule has 3 saturated carbocycles. The summed E-state index contributed by atoms with van der Waals surface area (Å²) >= 11 is 0. The van der Waals surface area contributed by atoms with Crippen molar-refractivity contribution in [1.82, 2.24) is 0 Å². The van der Waals surface area contributed by atoms with Crippen molar-refractivity contribution in [2.75, 3.05) is 0 Å². The molecule has 2 N–H and O–H groups in total. The predicted molar refractivity (Wildman–Crippen MR) is 210 cm³/mol. The zero-order valence-electron chi connectivity index (χ0n) is 34.8. The topological polar surface area (TPSA) is 269 Å². The Morgan fingerprint density at radius 2 is 0.646 bits per heavy atom. The van der Waals surface area contributed by atoms with Gasteiger partial charge < -0.3 is 57.6 Å². The Morgan fingerprint density at radius 3 is 0.969 bits per heavy atom. The van der Waals surface area contributed by atoms with Gasteiger partial charge in [-0.15, -0.1) is 0 Å². The van der Waals surface area contributed by atoms with Gasteiger partial charge in [0.05, 0.1) is 0 Å². The minimum absolute atomic E-state index is 0.0602. The van der Waals surface area contributed by atoms with Gasteiger partial charge in [-0.25, -0.2) is 38.4 Å². The lowest BCUT2D eigenvalue weighted by Gasteiger charge is -2.46.